The summed E-state index contributed by atoms with van der Waals surface area (Å²) in [4.78, 5) is 29.2. The molecule has 1 aliphatic heterocycles. The summed E-state index contributed by atoms with van der Waals surface area (Å²) in [6.45, 7) is 12.2. The van der Waals surface area contributed by atoms with Crippen molar-refractivity contribution in [2.24, 2.45) is 0 Å². The zero-order valence-corrected chi connectivity index (χ0v) is 22.3. The number of rotatable bonds is 3. The number of fused-ring (bicyclic) bond motifs is 2. The number of hydrogen-bond donors (Lipinski definition) is 1. The Morgan fingerprint density at radius 2 is 1.76 bits per heavy atom. The fourth-order valence-corrected chi connectivity index (χ4v) is 5.00. The second kappa shape index (κ2) is 9.38. The molecule has 11 heteroatoms. The molecule has 2 atom stereocenters. The molecule has 0 spiro atoms. The fourth-order valence-electron chi connectivity index (χ4n) is 5.00. The van der Waals surface area contributed by atoms with Crippen molar-refractivity contribution in [1.29, 1.82) is 0 Å². The van der Waals surface area contributed by atoms with Crippen LogP contribution in [0.4, 0.5) is 30.8 Å². The zero-order chi connectivity index (χ0) is 27.4. The highest BCUT2D eigenvalue weighted by molar-refractivity contribution is 5.93. The average Bonchev–Trinajstić information content (AvgIpc) is 3.18. The molecule has 4 aromatic rings. The van der Waals surface area contributed by atoms with Gasteiger partial charge in [0.05, 0.1) is 34.4 Å². The van der Waals surface area contributed by atoms with Crippen molar-refractivity contribution in [3.05, 3.63) is 54.2 Å². The number of benzene rings is 1. The Bertz CT molecular complexity index is 1520. The molecule has 1 amide bonds. The molecule has 1 aromatic carbocycles. The molecule has 9 nitrogen and oxygen atoms in total. The van der Waals surface area contributed by atoms with Crippen molar-refractivity contribution in [3.63, 3.8) is 0 Å². The highest BCUT2D eigenvalue weighted by Crippen LogP contribution is 2.32. The van der Waals surface area contributed by atoms with E-state index in [1.54, 1.807) is 34.7 Å². The van der Waals surface area contributed by atoms with Gasteiger partial charge < -0.3 is 19.4 Å². The largest absolute Gasteiger partial charge is 0.444 e. The maximum Gasteiger partial charge on any atom is 0.410 e. The van der Waals surface area contributed by atoms with Gasteiger partial charge in [0, 0.05) is 37.2 Å². The van der Waals surface area contributed by atoms with Gasteiger partial charge in [0.15, 0.2) is 11.5 Å². The predicted molar refractivity (Wildman–Crippen MR) is 142 cm³/mol. The summed E-state index contributed by atoms with van der Waals surface area (Å²) in [6.07, 6.45) is 4.37. The van der Waals surface area contributed by atoms with Gasteiger partial charge in [-0.3, -0.25) is 4.90 Å². The van der Waals surface area contributed by atoms with E-state index >= 15 is 4.39 Å². The van der Waals surface area contributed by atoms with Crippen molar-refractivity contribution in [2.45, 2.75) is 59.2 Å². The highest BCUT2D eigenvalue weighted by atomic mass is 19.1. The lowest BCUT2D eigenvalue weighted by Crippen LogP contribution is -2.59. The van der Waals surface area contributed by atoms with E-state index in [1.165, 1.54) is 18.5 Å². The third-order valence-electron chi connectivity index (χ3n) is 6.45. The summed E-state index contributed by atoms with van der Waals surface area (Å²) >= 11 is 0. The smallest absolute Gasteiger partial charge is 0.410 e. The molecule has 0 radical (unpaired) electrons. The van der Waals surface area contributed by atoms with E-state index < -0.39 is 17.2 Å². The molecule has 0 unspecified atom stereocenters. The number of nitrogens with one attached hydrogen (secondary N) is 1. The van der Waals surface area contributed by atoms with Crippen LogP contribution in [0.15, 0.2) is 36.9 Å². The van der Waals surface area contributed by atoms with Gasteiger partial charge in [-0.25, -0.2) is 28.5 Å². The van der Waals surface area contributed by atoms with Crippen molar-refractivity contribution in [3.8, 4) is 0 Å². The van der Waals surface area contributed by atoms with Crippen LogP contribution in [-0.2, 0) is 4.74 Å². The molecule has 0 bridgehead atoms. The minimum Gasteiger partial charge on any atom is -0.444 e. The lowest BCUT2D eigenvalue weighted by molar-refractivity contribution is 0.00565. The Labute approximate surface area is 219 Å². The minimum absolute atomic E-state index is 0.147. The first-order chi connectivity index (χ1) is 17.9. The fraction of sp³-hybridized carbons (Fsp3) is 0.407. The summed E-state index contributed by atoms with van der Waals surface area (Å²) in [6, 6.07) is 4.26. The summed E-state index contributed by atoms with van der Waals surface area (Å²) < 4.78 is 37.3. The molecule has 1 saturated heterocycles. The number of halogens is 2. The number of carbonyl (C=O) groups excluding carboxylic acids is 1. The number of piperazine rings is 1. The third-order valence-corrected chi connectivity index (χ3v) is 6.45. The predicted octanol–water partition coefficient (Wildman–Crippen LogP) is 5.44. The third kappa shape index (κ3) is 4.92. The highest BCUT2D eigenvalue weighted by Gasteiger charge is 2.36. The molecular formula is C27H31F2N7O2. The molecule has 200 valence electrons. The Morgan fingerprint density at radius 1 is 1.05 bits per heavy atom. The summed E-state index contributed by atoms with van der Waals surface area (Å²) in [5.74, 6) is -0.778. The van der Waals surface area contributed by atoms with E-state index in [1.807, 2.05) is 39.5 Å². The van der Waals surface area contributed by atoms with E-state index in [4.69, 9.17) is 4.74 Å². The lowest BCUT2D eigenvalue weighted by Gasteiger charge is -2.45. The molecule has 0 aliphatic carbocycles. The Balaban J connectivity index is 1.42. The van der Waals surface area contributed by atoms with Crippen LogP contribution in [-0.4, -0.2) is 61.1 Å². The molecule has 1 N–H and O–H groups in total. The summed E-state index contributed by atoms with van der Waals surface area (Å²) in [7, 11) is 0. The first-order valence-corrected chi connectivity index (χ1v) is 12.5. The molecular weight excluding hydrogens is 492 g/mol. The SMILES string of the molecule is Cc1cn2cc(Nc3ncnc4cc(N5C[C@@H](C)N(C(=O)OC(C)(C)C)[C@@H](C)C5)cc(F)c34)cc(F)c2n1. The van der Waals surface area contributed by atoms with E-state index in [0.717, 1.165) is 0 Å². The van der Waals surface area contributed by atoms with Crippen LogP contribution in [0.2, 0.25) is 0 Å². The molecule has 1 aliphatic rings. The van der Waals surface area contributed by atoms with Crippen LogP contribution in [0.25, 0.3) is 16.6 Å². The first kappa shape index (κ1) is 25.6. The first-order valence-electron chi connectivity index (χ1n) is 12.5. The van der Waals surface area contributed by atoms with Gasteiger partial charge in [0.2, 0.25) is 0 Å². The number of aromatic nitrogens is 4. The normalized spacial score (nSPS) is 18.3. The second-order valence-electron chi connectivity index (χ2n) is 10.8. The molecule has 38 heavy (non-hydrogen) atoms. The van der Waals surface area contributed by atoms with Gasteiger partial charge in [0.1, 0.15) is 23.6 Å². The lowest BCUT2D eigenvalue weighted by atomic mass is 10.1. The van der Waals surface area contributed by atoms with Gasteiger partial charge in [-0.2, -0.15) is 0 Å². The topological polar surface area (TPSA) is 87.9 Å². The summed E-state index contributed by atoms with van der Waals surface area (Å²) in [5.41, 5.74) is 1.78. The van der Waals surface area contributed by atoms with Crippen molar-refractivity contribution < 1.29 is 18.3 Å². The van der Waals surface area contributed by atoms with Gasteiger partial charge in [-0.15, -0.1) is 0 Å². The molecule has 5 rings (SSSR count). The van der Waals surface area contributed by atoms with Crippen LogP contribution >= 0.6 is 0 Å². The number of hydrogen-bond acceptors (Lipinski definition) is 7. The number of aryl methyl sites for hydroxylation is 1. The van der Waals surface area contributed by atoms with Crippen molar-refractivity contribution in [2.75, 3.05) is 23.3 Å². The van der Waals surface area contributed by atoms with Crippen LogP contribution in [0, 0.1) is 18.6 Å². The van der Waals surface area contributed by atoms with Gasteiger partial charge >= 0.3 is 6.09 Å². The number of amides is 1. The second-order valence-corrected chi connectivity index (χ2v) is 10.8. The van der Waals surface area contributed by atoms with Crippen molar-refractivity contribution in [1.82, 2.24) is 24.3 Å². The van der Waals surface area contributed by atoms with E-state index in [-0.39, 0.29) is 35.0 Å². The number of nitrogens with zero attached hydrogens (tertiary/aromatic N) is 6. The molecule has 0 saturated carbocycles. The molecule has 4 heterocycles. The van der Waals surface area contributed by atoms with Crippen LogP contribution in [0.3, 0.4) is 0 Å². The standard InChI is InChI=1S/C27H31F2N7O2/c1-15-10-35-13-18(7-21(29)25(35)32-15)33-24-23-20(28)8-19(9-22(23)30-14-31-24)34-11-16(2)36(17(3)12-34)26(37)38-27(4,5)6/h7-10,13-14,16-17H,11-12H2,1-6H3,(H,30,31,33)/t16-,17+. The van der Waals surface area contributed by atoms with Crippen molar-refractivity contribution >= 4 is 39.8 Å². The maximum atomic E-state index is 15.6. The monoisotopic (exact) mass is 523 g/mol. The Hall–Kier alpha value is -4.02. The molecule has 1 fully saturated rings. The van der Waals surface area contributed by atoms with Crippen LogP contribution < -0.4 is 10.2 Å². The Morgan fingerprint density at radius 3 is 2.45 bits per heavy atom. The van der Waals surface area contributed by atoms with Gasteiger partial charge in [-0.05, 0) is 53.7 Å². The number of anilines is 3. The summed E-state index contributed by atoms with van der Waals surface area (Å²) in [5, 5.41) is 3.23. The maximum absolute atomic E-state index is 15.6. The number of ether oxygens (including phenoxy) is 1. The average molecular weight is 524 g/mol. The quantitative estimate of drug-likeness (QED) is 0.383. The number of carbonyl (C=O) groups is 1. The van der Waals surface area contributed by atoms with Crippen LogP contribution in [0.5, 0.6) is 0 Å². The zero-order valence-electron chi connectivity index (χ0n) is 22.3. The van der Waals surface area contributed by atoms with E-state index in [9.17, 15) is 9.18 Å². The Kier molecular flexibility index (Phi) is 6.32. The van der Waals surface area contributed by atoms with Gasteiger partial charge in [0.25, 0.3) is 0 Å². The van der Waals surface area contributed by atoms with Gasteiger partial charge in [-0.1, -0.05) is 0 Å². The number of pyridine rings is 1. The van der Waals surface area contributed by atoms with Crippen LogP contribution in [0.1, 0.15) is 40.3 Å². The minimum atomic E-state index is -0.587. The van der Waals surface area contributed by atoms with E-state index in [0.29, 0.717) is 35.7 Å². The molecule has 3 aromatic heterocycles. The number of imidazole rings is 1. The van der Waals surface area contributed by atoms with E-state index in [2.05, 4.69) is 20.3 Å².